The van der Waals surface area contributed by atoms with Gasteiger partial charge in [0.2, 0.25) is 0 Å². The minimum Gasteiger partial charge on any atom is -0.385 e. The van der Waals surface area contributed by atoms with E-state index in [-0.39, 0.29) is 0 Å². The van der Waals surface area contributed by atoms with Gasteiger partial charge in [0.15, 0.2) is 0 Å². The summed E-state index contributed by atoms with van der Waals surface area (Å²) in [4.78, 5) is 4.77. The van der Waals surface area contributed by atoms with E-state index in [4.69, 9.17) is 16.6 Å². The molecule has 3 aromatic rings. The molecule has 3 rings (SSSR count). The Bertz CT molecular complexity index is 782. The Morgan fingerprint density at radius 1 is 1.10 bits per heavy atom. The molecule has 0 saturated carbocycles. The van der Waals surface area contributed by atoms with Crippen LogP contribution in [0.5, 0.6) is 0 Å². The average Bonchev–Trinajstić information content (AvgIpc) is 2.50. The molecule has 21 heavy (non-hydrogen) atoms. The minimum absolute atomic E-state index is 0.752. The van der Waals surface area contributed by atoms with E-state index in [2.05, 4.69) is 36.5 Å². The van der Waals surface area contributed by atoms with Gasteiger partial charge < -0.3 is 5.32 Å². The third-order valence-corrected chi connectivity index (χ3v) is 3.93. The first-order chi connectivity index (χ1) is 10.2. The third kappa shape index (κ3) is 2.72. The van der Waals surface area contributed by atoms with Crippen molar-refractivity contribution in [3.05, 3.63) is 59.1 Å². The predicted octanol–water partition coefficient (Wildman–Crippen LogP) is 5.30. The number of fused-ring (bicyclic) bond motifs is 1. The van der Waals surface area contributed by atoms with Crippen LogP contribution in [0.1, 0.15) is 12.5 Å². The fraction of sp³-hybridized carbons (Fsp3) is 0.167. The number of nitrogens with zero attached hydrogens (tertiary/aromatic N) is 1. The maximum atomic E-state index is 6.26. The van der Waals surface area contributed by atoms with Gasteiger partial charge in [0.05, 0.1) is 11.2 Å². The summed E-state index contributed by atoms with van der Waals surface area (Å²) in [5.41, 5.74) is 5.15. The molecule has 1 aromatic heterocycles. The van der Waals surface area contributed by atoms with Crippen LogP contribution in [0.3, 0.4) is 0 Å². The number of anilines is 1. The summed E-state index contributed by atoms with van der Waals surface area (Å²) >= 11 is 6.26. The highest BCUT2D eigenvalue weighted by Gasteiger charge is 2.09. The van der Waals surface area contributed by atoms with Gasteiger partial charge in [-0.15, -0.1) is 0 Å². The molecule has 1 N–H and O–H groups in total. The Balaban J connectivity index is 2.26. The van der Waals surface area contributed by atoms with Crippen LogP contribution in [0, 0.1) is 6.92 Å². The number of aromatic nitrogens is 1. The van der Waals surface area contributed by atoms with Crippen LogP contribution in [-0.4, -0.2) is 11.5 Å². The minimum atomic E-state index is 0.752. The van der Waals surface area contributed by atoms with Crippen molar-refractivity contribution in [3.8, 4) is 11.3 Å². The molecular weight excluding hydrogens is 280 g/mol. The van der Waals surface area contributed by atoms with Crippen LogP contribution in [0.15, 0.2) is 48.5 Å². The molecule has 0 saturated heterocycles. The summed E-state index contributed by atoms with van der Waals surface area (Å²) in [6, 6.07) is 16.3. The van der Waals surface area contributed by atoms with Crippen LogP contribution in [0.2, 0.25) is 5.02 Å². The smallest absolute Gasteiger partial charge is 0.0745 e. The topological polar surface area (TPSA) is 24.9 Å². The van der Waals surface area contributed by atoms with E-state index < -0.39 is 0 Å². The molecular formula is C18H17ClN2. The number of benzene rings is 2. The van der Waals surface area contributed by atoms with E-state index in [1.165, 1.54) is 0 Å². The monoisotopic (exact) mass is 296 g/mol. The maximum absolute atomic E-state index is 6.26. The van der Waals surface area contributed by atoms with Gasteiger partial charge in [0.1, 0.15) is 0 Å². The van der Waals surface area contributed by atoms with Crippen molar-refractivity contribution in [1.29, 1.82) is 0 Å². The Hall–Kier alpha value is -2.06. The lowest BCUT2D eigenvalue weighted by molar-refractivity contribution is 1.21. The first kappa shape index (κ1) is 13.9. The molecule has 0 radical (unpaired) electrons. The fourth-order valence-corrected chi connectivity index (χ4v) is 2.61. The summed E-state index contributed by atoms with van der Waals surface area (Å²) < 4.78 is 0. The number of nitrogens with one attached hydrogen (secondary N) is 1. The summed E-state index contributed by atoms with van der Waals surface area (Å²) in [6.07, 6.45) is 0. The SMILES string of the molecule is CCNc1cc(-c2ccccc2)nc2cc(Cl)c(C)cc12. The zero-order chi connectivity index (χ0) is 14.8. The standard InChI is InChI=1S/C18H17ClN2/c1-3-20-17-11-16(13-7-5-4-6-8-13)21-18-10-15(19)12(2)9-14(17)18/h4-11H,3H2,1-2H3,(H,20,21). The number of rotatable bonds is 3. The molecule has 0 spiro atoms. The average molecular weight is 297 g/mol. The Morgan fingerprint density at radius 3 is 2.57 bits per heavy atom. The summed E-state index contributed by atoms with van der Waals surface area (Å²) in [6.45, 7) is 4.98. The highest BCUT2D eigenvalue weighted by molar-refractivity contribution is 6.32. The second-order valence-corrected chi connectivity index (χ2v) is 5.48. The van der Waals surface area contributed by atoms with Gasteiger partial charge in [0, 0.05) is 28.2 Å². The molecule has 0 aliphatic carbocycles. The van der Waals surface area contributed by atoms with Crippen molar-refractivity contribution in [1.82, 2.24) is 4.98 Å². The fourth-order valence-electron chi connectivity index (χ4n) is 2.45. The maximum Gasteiger partial charge on any atom is 0.0745 e. The van der Waals surface area contributed by atoms with E-state index in [1.54, 1.807) is 0 Å². The van der Waals surface area contributed by atoms with Gasteiger partial charge in [0.25, 0.3) is 0 Å². The van der Waals surface area contributed by atoms with Crippen molar-refractivity contribution >= 4 is 28.2 Å². The first-order valence-corrected chi connectivity index (χ1v) is 7.47. The lowest BCUT2D eigenvalue weighted by Crippen LogP contribution is -1.99. The molecule has 106 valence electrons. The third-order valence-electron chi connectivity index (χ3n) is 3.53. The number of pyridine rings is 1. The van der Waals surface area contributed by atoms with E-state index in [9.17, 15) is 0 Å². The molecule has 0 bridgehead atoms. The van der Waals surface area contributed by atoms with E-state index in [0.717, 1.165) is 45.0 Å². The molecule has 2 nitrogen and oxygen atoms in total. The van der Waals surface area contributed by atoms with Gasteiger partial charge in [-0.1, -0.05) is 41.9 Å². The number of aryl methyl sites for hydroxylation is 1. The summed E-state index contributed by atoms with van der Waals surface area (Å²) in [5.74, 6) is 0. The second kappa shape index (κ2) is 5.74. The van der Waals surface area contributed by atoms with Gasteiger partial charge in [-0.25, -0.2) is 4.98 Å². The zero-order valence-corrected chi connectivity index (χ0v) is 12.9. The molecule has 2 aromatic carbocycles. The van der Waals surface area contributed by atoms with E-state index in [1.807, 2.05) is 31.2 Å². The largest absolute Gasteiger partial charge is 0.385 e. The molecule has 3 heteroatoms. The molecule has 0 unspecified atom stereocenters. The van der Waals surface area contributed by atoms with Crippen molar-refractivity contribution in [2.24, 2.45) is 0 Å². The van der Waals surface area contributed by atoms with Gasteiger partial charge in [-0.2, -0.15) is 0 Å². The highest BCUT2D eigenvalue weighted by atomic mass is 35.5. The lowest BCUT2D eigenvalue weighted by Gasteiger charge is -2.12. The van der Waals surface area contributed by atoms with Crippen LogP contribution in [0.25, 0.3) is 22.2 Å². The highest BCUT2D eigenvalue weighted by Crippen LogP contribution is 2.31. The van der Waals surface area contributed by atoms with Crippen LogP contribution < -0.4 is 5.32 Å². The predicted molar refractivity (Wildman–Crippen MR) is 91.1 cm³/mol. The van der Waals surface area contributed by atoms with Crippen molar-refractivity contribution in [3.63, 3.8) is 0 Å². The Morgan fingerprint density at radius 2 is 1.86 bits per heavy atom. The lowest BCUT2D eigenvalue weighted by atomic mass is 10.1. The van der Waals surface area contributed by atoms with E-state index in [0.29, 0.717) is 0 Å². The summed E-state index contributed by atoms with van der Waals surface area (Å²) in [7, 11) is 0. The zero-order valence-electron chi connectivity index (χ0n) is 12.2. The number of hydrogen-bond donors (Lipinski definition) is 1. The summed E-state index contributed by atoms with van der Waals surface area (Å²) in [5, 5.41) is 5.29. The van der Waals surface area contributed by atoms with Crippen molar-refractivity contribution in [2.45, 2.75) is 13.8 Å². The molecule has 0 fully saturated rings. The Labute approximate surface area is 129 Å². The van der Waals surface area contributed by atoms with E-state index >= 15 is 0 Å². The molecule has 0 aliphatic rings. The number of hydrogen-bond acceptors (Lipinski definition) is 2. The molecule has 0 aliphatic heterocycles. The van der Waals surface area contributed by atoms with Gasteiger partial charge in [-0.05, 0) is 37.6 Å². The normalized spacial score (nSPS) is 10.8. The molecule has 0 atom stereocenters. The quantitative estimate of drug-likeness (QED) is 0.710. The van der Waals surface area contributed by atoms with Crippen LogP contribution >= 0.6 is 11.6 Å². The first-order valence-electron chi connectivity index (χ1n) is 7.09. The molecule has 1 heterocycles. The number of halogens is 1. The van der Waals surface area contributed by atoms with Gasteiger partial charge in [-0.3, -0.25) is 0 Å². The van der Waals surface area contributed by atoms with Crippen LogP contribution in [0.4, 0.5) is 5.69 Å². The van der Waals surface area contributed by atoms with Crippen molar-refractivity contribution < 1.29 is 0 Å². The Kier molecular flexibility index (Phi) is 3.80. The molecule has 0 amide bonds. The van der Waals surface area contributed by atoms with Crippen molar-refractivity contribution in [2.75, 3.05) is 11.9 Å². The van der Waals surface area contributed by atoms with Gasteiger partial charge >= 0.3 is 0 Å². The second-order valence-electron chi connectivity index (χ2n) is 5.07. The van der Waals surface area contributed by atoms with Crippen LogP contribution in [-0.2, 0) is 0 Å².